The number of nitrogens with one attached hydrogen (secondary N) is 1. The maximum atomic E-state index is 4.78. The molecule has 1 aliphatic carbocycles. The number of hydrogen-bond donors (Lipinski definition) is 1. The molecule has 0 radical (unpaired) electrons. The highest BCUT2D eigenvalue weighted by molar-refractivity contribution is 5.32. The van der Waals surface area contributed by atoms with Gasteiger partial charge in [-0.2, -0.15) is 0 Å². The standard InChI is InChI=1S/C16H17N3/c1-2-4-12-7-13(6-5-11(12)3-1)16-18-9-14-8-17-10-15(14)19-16/h1-4,9,13,17H,5-8,10H2. The summed E-state index contributed by atoms with van der Waals surface area (Å²) in [6.45, 7) is 1.82. The van der Waals surface area contributed by atoms with Crippen LogP contribution >= 0.6 is 0 Å². The van der Waals surface area contributed by atoms with Crippen LogP contribution in [0.2, 0.25) is 0 Å². The Morgan fingerprint density at radius 1 is 1.05 bits per heavy atom. The van der Waals surface area contributed by atoms with Gasteiger partial charge in [0.25, 0.3) is 0 Å². The van der Waals surface area contributed by atoms with Gasteiger partial charge in [0.15, 0.2) is 0 Å². The molecule has 2 aromatic rings. The quantitative estimate of drug-likeness (QED) is 0.845. The summed E-state index contributed by atoms with van der Waals surface area (Å²) in [6.07, 6.45) is 5.42. The fourth-order valence-corrected chi connectivity index (χ4v) is 3.19. The second-order valence-corrected chi connectivity index (χ2v) is 5.51. The Labute approximate surface area is 113 Å². The van der Waals surface area contributed by atoms with E-state index in [4.69, 9.17) is 4.98 Å². The third-order valence-electron chi connectivity index (χ3n) is 4.29. The van der Waals surface area contributed by atoms with E-state index >= 15 is 0 Å². The van der Waals surface area contributed by atoms with Crippen molar-refractivity contribution >= 4 is 0 Å². The molecule has 96 valence electrons. The van der Waals surface area contributed by atoms with Crippen molar-refractivity contribution in [3.63, 3.8) is 0 Å². The molecule has 4 rings (SSSR count). The van der Waals surface area contributed by atoms with E-state index in [1.54, 1.807) is 0 Å². The van der Waals surface area contributed by atoms with Gasteiger partial charge in [0.05, 0.1) is 5.69 Å². The monoisotopic (exact) mass is 251 g/mol. The zero-order valence-corrected chi connectivity index (χ0v) is 10.9. The fourth-order valence-electron chi connectivity index (χ4n) is 3.19. The van der Waals surface area contributed by atoms with Crippen LogP contribution in [0.25, 0.3) is 0 Å². The highest BCUT2D eigenvalue weighted by Gasteiger charge is 2.23. The number of aryl methyl sites for hydroxylation is 1. The topological polar surface area (TPSA) is 37.8 Å². The maximum absolute atomic E-state index is 4.78. The van der Waals surface area contributed by atoms with Gasteiger partial charge >= 0.3 is 0 Å². The molecule has 3 nitrogen and oxygen atoms in total. The van der Waals surface area contributed by atoms with E-state index in [9.17, 15) is 0 Å². The molecule has 1 aromatic heterocycles. The third-order valence-corrected chi connectivity index (χ3v) is 4.29. The van der Waals surface area contributed by atoms with Crippen LogP contribution in [0, 0.1) is 0 Å². The zero-order valence-electron chi connectivity index (χ0n) is 10.9. The average Bonchev–Trinajstić information content (AvgIpc) is 2.94. The van der Waals surface area contributed by atoms with Gasteiger partial charge in [0.1, 0.15) is 5.82 Å². The number of fused-ring (bicyclic) bond motifs is 2. The SMILES string of the molecule is c1ccc2c(c1)CCC(c1ncc3c(n1)CNC3)C2. The van der Waals surface area contributed by atoms with Crippen LogP contribution in [-0.4, -0.2) is 9.97 Å². The lowest BCUT2D eigenvalue weighted by molar-refractivity contribution is 0.552. The molecule has 1 aromatic carbocycles. The molecule has 0 fully saturated rings. The second kappa shape index (κ2) is 4.42. The van der Waals surface area contributed by atoms with Crippen LogP contribution in [-0.2, 0) is 25.9 Å². The van der Waals surface area contributed by atoms with Gasteiger partial charge in [-0.05, 0) is 30.4 Å². The van der Waals surface area contributed by atoms with Gasteiger partial charge in [-0.1, -0.05) is 24.3 Å². The summed E-state index contributed by atoms with van der Waals surface area (Å²) in [4.78, 5) is 9.37. The third kappa shape index (κ3) is 1.94. The summed E-state index contributed by atoms with van der Waals surface area (Å²) in [5.74, 6) is 1.53. The molecular weight excluding hydrogens is 234 g/mol. The number of hydrogen-bond acceptors (Lipinski definition) is 3. The molecule has 0 spiro atoms. The van der Waals surface area contributed by atoms with Crippen LogP contribution in [0.3, 0.4) is 0 Å². The molecule has 0 amide bonds. The zero-order chi connectivity index (χ0) is 12.7. The Morgan fingerprint density at radius 3 is 2.89 bits per heavy atom. The van der Waals surface area contributed by atoms with E-state index in [1.165, 1.54) is 28.8 Å². The predicted molar refractivity (Wildman–Crippen MR) is 73.8 cm³/mol. The van der Waals surface area contributed by atoms with Crippen LogP contribution in [0.1, 0.15) is 40.5 Å². The molecule has 0 bridgehead atoms. The molecule has 2 aliphatic rings. The first-order valence-electron chi connectivity index (χ1n) is 7.02. The summed E-state index contributed by atoms with van der Waals surface area (Å²) in [7, 11) is 0. The maximum Gasteiger partial charge on any atom is 0.132 e. The minimum Gasteiger partial charge on any atom is -0.307 e. The normalized spacial score (nSPS) is 20.9. The summed E-state index contributed by atoms with van der Waals surface area (Å²) >= 11 is 0. The Hall–Kier alpha value is -1.74. The average molecular weight is 251 g/mol. The van der Waals surface area contributed by atoms with E-state index in [0.29, 0.717) is 5.92 Å². The van der Waals surface area contributed by atoms with Crippen molar-refractivity contribution < 1.29 is 0 Å². The Balaban J connectivity index is 1.64. The fraction of sp³-hybridized carbons (Fsp3) is 0.375. The molecule has 0 saturated heterocycles. The molecule has 19 heavy (non-hydrogen) atoms. The minimum absolute atomic E-state index is 0.487. The first kappa shape index (κ1) is 11.1. The summed E-state index contributed by atoms with van der Waals surface area (Å²) in [5, 5.41) is 3.33. The highest BCUT2D eigenvalue weighted by Crippen LogP contribution is 2.31. The van der Waals surface area contributed by atoms with Crippen molar-refractivity contribution in [3.8, 4) is 0 Å². The predicted octanol–water partition coefficient (Wildman–Crippen LogP) is 2.35. The number of aromatic nitrogens is 2. The van der Waals surface area contributed by atoms with E-state index in [1.807, 2.05) is 6.20 Å². The van der Waals surface area contributed by atoms with Crippen molar-refractivity contribution in [3.05, 3.63) is 58.7 Å². The van der Waals surface area contributed by atoms with E-state index < -0.39 is 0 Å². The number of rotatable bonds is 1. The lowest BCUT2D eigenvalue weighted by atomic mass is 9.83. The molecule has 1 unspecified atom stereocenters. The van der Waals surface area contributed by atoms with Crippen molar-refractivity contribution in [1.82, 2.24) is 15.3 Å². The van der Waals surface area contributed by atoms with Gasteiger partial charge in [0.2, 0.25) is 0 Å². The Bertz CT molecular complexity index is 621. The van der Waals surface area contributed by atoms with E-state index in [-0.39, 0.29) is 0 Å². The second-order valence-electron chi connectivity index (χ2n) is 5.51. The molecule has 1 aliphatic heterocycles. The largest absolute Gasteiger partial charge is 0.307 e. The van der Waals surface area contributed by atoms with Gasteiger partial charge in [-0.25, -0.2) is 9.97 Å². The molecule has 0 saturated carbocycles. The molecule has 3 heteroatoms. The number of benzene rings is 1. The Kier molecular flexibility index (Phi) is 2.59. The number of nitrogens with zero attached hydrogens (tertiary/aromatic N) is 2. The van der Waals surface area contributed by atoms with Crippen molar-refractivity contribution in [2.75, 3.05) is 0 Å². The van der Waals surface area contributed by atoms with Crippen molar-refractivity contribution in [2.45, 2.75) is 38.3 Å². The first-order chi connectivity index (χ1) is 9.40. The van der Waals surface area contributed by atoms with E-state index in [0.717, 1.165) is 31.8 Å². The van der Waals surface area contributed by atoms with Gasteiger partial charge in [0, 0.05) is 30.8 Å². The summed E-state index contributed by atoms with van der Waals surface area (Å²) in [6, 6.07) is 8.76. The molecule has 2 heterocycles. The first-order valence-corrected chi connectivity index (χ1v) is 7.02. The van der Waals surface area contributed by atoms with Gasteiger partial charge in [-0.3, -0.25) is 0 Å². The van der Waals surface area contributed by atoms with E-state index in [2.05, 4.69) is 34.6 Å². The molecule has 1 atom stereocenters. The minimum atomic E-state index is 0.487. The van der Waals surface area contributed by atoms with Crippen LogP contribution in [0.4, 0.5) is 0 Å². The van der Waals surface area contributed by atoms with Crippen molar-refractivity contribution in [2.24, 2.45) is 0 Å². The summed E-state index contributed by atoms with van der Waals surface area (Å²) < 4.78 is 0. The smallest absolute Gasteiger partial charge is 0.132 e. The lowest BCUT2D eigenvalue weighted by Crippen LogP contribution is -2.16. The summed E-state index contributed by atoms with van der Waals surface area (Å²) in [5.41, 5.74) is 5.44. The Morgan fingerprint density at radius 2 is 1.95 bits per heavy atom. The van der Waals surface area contributed by atoms with Crippen LogP contribution in [0.15, 0.2) is 30.5 Å². The van der Waals surface area contributed by atoms with Gasteiger partial charge in [-0.15, -0.1) is 0 Å². The molecular formula is C16H17N3. The lowest BCUT2D eigenvalue weighted by Gasteiger charge is -2.23. The highest BCUT2D eigenvalue weighted by atomic mass is 15.0. The van der Waals surface area contributed by atoms with Crippen LogP contribution < -0.4 is 5.32 Å². The van der Waals surface area contributed by atoms with Crippen LogP contribution in [0.5, 0.6) is 0 Å². The van der Waals surface area contributed by atoms with Crippen molar-refractivity contribution in [1.29, 1.82) is 0 Å². The van der Waals surface area contributed by atoms with Gasteiger partial charge < -0.3 is 5.32 Å². The molecule has 1 N–H and O–H groups in total.